The van der Waals surface area contributed by atoms with E-state index in [2.05, 4.69) is 11.9 Å². The van der Waals surface area contributed by atoms with Crippen molar-refractivity contribution in [2.45, 2.75) is 62.1 Å². The summed E-state index contributed by atoms with van der Waals surface area (Å²) in [7, 11) is 2.12. The van der Waals surface area contributed by atoms with Crippen LogP contribution in [0.2, 0.25) is 0 Å². The number of carbonyl (C=O) groups excluding carboxylic acids is 1. The molecule has 2 saturated carbocycles. The summed E-state index contributed by atoms with van der Waals surface area (Å²) in [5, 5.41) is 22.0. The van der Waals surface area contributed by atoms with Gasteiger partial charge in [0.25, 0.3) is 0 Å². The Kier molecular flexibility index (Phi) is 3.48. The molecule has 0 spiro atoms. The average molecular weight is 357 g/mol. The van der Waals surface area contributed by atoms with Crippen LogP contribution in [0, 0.1) is 5.92 Å². The zero-order chi connectivity index (χ0) is 18.1. The first kappa shape index (κ1) is 16.6. The predicted molar refractivity (Wildman–Crippen MR) is 96.6 cm³/mol. The third-order valence-corrected chi connectivity index (χ3v) is 7.22. The molecule has 0 aromatic heterocycles. The van der Waals surface area contributed by atoms with Crippen LogP contribution in [-0.4, -0.2) is 52.7 Å². The molecule has 1 aromatic rings. The molecule has 3 aliphatic carbocycles. The molecule has 2 fully saturated rings. The van der Waals surface area contributed by atoms with Gasteiger partial charge in [0.05, 0.1) is 11.0 Å². The largest absolute Gasteiger partial charge is 0.504 e. The van der Waals surface area contributed by atoms with E-state index in [1.54, 1.807) is 6.07 Å². The highest BCUT2D eigenvalue weighted by Gasteiger charge is 2.67. The van der Waals surface area contributed by atoms with Crippen molar-refractivity contribution in [2.24, 2.45) is 5.92 Å². The van der Waals surface area contributed by atoms with Crippen LogP contribution in [0.3, 0.4) is 0 Å². The summed E-state index contributed by atoms with van der Waals surface area (Å²) >= 11 is 0. The lowest BCUT2D eigenvalue weighted by Crippen LogP contribution is -2.65. The number of benzene rings is 1. The van der Waals surface area contributed by atoms with Gasteiger partial charge in [-0.15, -0.1) is 0 Å². The molecule has 0 bridgehead atoms. The number of nitrogens with zero attached hydrogens (tertiary/aromatic N) is 1. The van der Waals surface area contributed by atoms with Crippen molar-refractivity contribution in [1.29, 1.82) is 0 Å². The van der Waals surface area contributed by atoms with Gasteiger partial charge in [0, 0.05) is 18.5 Å². The van der Waals surface area contributed by atoms with E-state index >= 15 is 0 Å². The molecule has 0 saturated heterocycles. The molecule has 3 atom stereocenters. The van der Waals surface area contributed by atoms with Gasteiger partial charge >= 0.3 is 0 Å². The van der Waals surface area contributed by atoms with Gasteiger partial charge in [-0.25, -0.2) is 0 Å². The Morgan fingerprint density at radius 2 is 2.04 bits per heavy atom. The fraction of sp³-hybridized carbons (Fsp3) is 0.667. The van der Waals surface area contributed by atoms with Gasteiger partial charge in [0.15, 0.2) is 23.4 Å². The maximum absolute atomic E-state index is 12.8. The number of carbonyl (C=O) groups is 1. The number of Topliss-reactive ketones (excluding diaryl/α,β-unsaturated/α-hetero) is 1. The third kappa shape index (κ3) is 2.13. The summed E-state index contributed by atoms with van der Waals surface area (Å²) in [5.74, 6) is 1.38. The van der Waals surface area contributed by atoms with Crippen molar-refractivity contribution < 1.29 is 19.7 Å². The molecule has 5 heteroatoms. The Hall–Kier alpha value is -1.59. The second-order valence-electron chi connectivity index (χ2n) is 8.87. The first-order chi connectivity index (χ1) is 12.4. The molecule has 1 heterocycles. The second kappa shape index (κ2) is 5.46. The molecule has 0 unspecified atom stereocenters. The summed E-state index contributed by atoms with van der Waals surface area (Å²) in [6, 6.07) is 3.60. The summed E-state index contributed by atoms with van der Waals surface area (Å²) in [6.07, 6.45) is 4.91. The van der Waals surface area contributed by atoms with Gasteiger partial charge in [-0.2, -0.15) is 0 Å². The quantitative estimate of drug-likeness (QED) is 0.845. The molecular formula is C21H27NO4. The van der Waals surface area contributed by atoms with Gasteiger partial charge < -0.3 is 19.8 Å². The first-order valence-corrected chi connectivity index (χ1v) is 9.90. The van der Waals surface area contributed by atoms with E-state index in [1.165, 1.54) is 12.8 Å². The standard InChI is InChI=1S/C21H27NO4/c1-22(12-13-2-3-13)11-10-21-17-14-4-5-15(23)18(17)26-19(21)16(24)7-9-20(21,25)8-6-14/h4-5,13,19,23,25H,2-3,6-12H2,1H3/t19-,20-,21-/m0/s1. The number of aromatic hydroxyl groups is 1. The van der Waals surface area contributed by atoms with E-state index in [1.807, 2.05) is 6.07 Å². The lowest BCUT2D eigenvalue weighted by Gasteiger charge is -2.53. The SMILES string of the molecule is CN(CC[C@]12c3c4ccc(O)c3O[C@H]1C(=O)CC[C@@]2(O)CC4)CC1CC1. The van der Waals surface area contributed by atoms with Crippen molar-refractivity contribution in [1.82, 2.24) is 4.90 Å². The number of phenols is 1. The van der Waals surface area contributed by atoms with Crippen LogP contribution in [0.4, 0.5) is 0 Å². The molecule has 26 heavy (non-hydrogen) atoms. The van der Waals surface area contributed by atoms with Gasteiger partial charge in [-0.05, 0) is 69.7 Å². The maximum Gasteiger partial charge on any atom is 0.174 e. The van der Waals surface area contributed by atoms with Gasteiger partial charge in [0.1, 0.15) is 0 Å². The number of rotatable bonds is 5. The molecule has 5 nitrogen and oxygen atoms in total. The Morgan fingerprint density at radius 1 is 1.27 bits per heavy atom. The fourth-order valence-electron chi connectivity index (χ4n) is 5.66. The Balaban J connectivity index is 1.59. The normalized spacial score (nSPS) is 34.7. The van der Waals surface area contributed by atoms with E-state index in [-0.39, 0.29) is 11.5 Å². The van der Waals surface area contributed by atoms with Crippen molar-refractivity contribution >= 4 is 5.78 Å². The summed E-state index contributed by atoms with van der Waals surface area (Å²) in [6.45, 7) is 1.90. The molecule has 140 valence electrons. The minimum Gasteiger partial charge on any atom is -0.504 e. The van der Waals surface area contributed by atoms with Crippen LogP contribution in [0.15, 0.2) is 12.1 Å². The number of phenolic OH excluding ortho intramolecular Hbond substituents is 1. The Bertz CT molecular complexity index is 774. The van der Waals surface area contributed by atoms with Crippen molar-refractivity contribution in [3.05, 3.63) is 23.3 Å². The molecule has 5 rings (SSSR count). The van der Waals surface area contributed by atoms with Crippen LogP contribution < -0.4 is 4.74 Å². The van der Waals surface area contributed by atoms with Crippen LogP contribution in [0.25, 0.3) is 0 Å². The van der Waals surface area contributed by atoms with Gasteiger partial charge in [0.2, 0.25) is 0 Å². The second-order valence-corrected chi connectivity index (χ2v) is 8.87. The molecule has 0 amide bonds. The fourth-order valence-corrected chi connectivity index (χ4v) is 5.66. The molecule has 2 N–H and O–H groups in total. The molecular weight excluding hydrogens is 330 g/mol. The van der Waals surface area contributed by atoms with E-state index in [0.29, 0.717) is 31.4 Å². The lowest BCUT2D eigenvalue weighted by molar-refractivity contribution is -0.154. The topological polar surface area (TPSA) is 70.0 Å². The monoisotopic (exact) mass is 357 g/mol. The smallest absolute Gasteiger partial charge is 0.174 e. The Labute approximate surface area is 154 Å². The van der Waals surface area contributed by atoms with Crippen LogP contribution in [-0.2, 0) is 16.6 Å². The van der Waals surface area contributed by atoms with Crippen LogP contribution in [0.1, 0.15) is 49.7 Å². The van der Waals surface area contributed by atoms with Gasteiger partial charge in [-0.1, -0.05) is 6.07 Å². The maximum atomic E-state index is 12.8. The number of hydrogen-bond acceptors (Lipinski definition) is 5. The number of aliphatic hydroxyl groups is 1. The third-order valence-electron chi connectivity index (χ3n) is 7.22. The van der Waals surface area contributed by atoms with E-state index in [4.69, 9.17) is 4.74 Å². The van der Waals surface area contributed by atoms with Crippen molar-refractivity contribution in [2.75, 3.05) is 20.1 Å². The van der Waals surface area contributed by atoms with E-state index < -0.39 is 17.1 Å². The molecule has 1 aromatic carbocycles. The van der Waals surface area contributed by atoms with E-state index in [0.717, 1.165) is 36.6 Å². The summed E-state index contributed by atoms with van der Waals surface area (Å²) in [5.41, 5.74) is 0.369. The number of aryl methyl sites for hydroxylation is 1. The molecule has 0 radical (unpaired) electrons. The van der Waals surface area contributed by atoms with Gasteiger partial charge in [-0.3, -0.25) is 4.79 Å². The molecule has 4 aliphatic rings. The summed E-state index contributed by atoms with van der Waals surface area (Å²) in [4.78, 5) is 15.1. The van der Waals surface area contributed by atoms with Crippen molar-refractivity contribution in [3.63, 3.8) is 0 Å². The minimum absolute atomic E-state index is 0.0583. The number of ether oxygens (including phenoxy) is 1. The molecule has 1 aliphatic heterocycles. The van der Waals surface area contributed by atoms with Crippen LogP contribution in [0.5, 0.6) is 11.5 Å². The first-order valence-electron chi connectivity index (χ1n) is 9.90. The predicted octanol–water partition coefficient (Wildman–Crippen LogP) is 2.16. The highest BCUT2D eigenvalue weighted by Crippen LogP contribution is 2.62. The number of ketones is 1. The summed E-state index contributed by atoms with van der Waals surface area (Å²) < 4.78 is 6.06. The highest BCUT2D eigenvalue weighted by atomic mass is 16.5. The zero-order valence-electron chi connectivity index (χ0n) is 15.3. The number of hydrogen-bond donors (Lipinski definition) is 2. The average Bonchev–Trinajstić information content (AvgIpc) is 3.34. The Morgan fingerprint density at radius 3 is 2.81 bits per heavy atom. The highest BCUT2D eigenvalue weighted by molar-refractivity contribution is 5.89. The van der Waals surface area contributed by atoms with Crippen molar-refractivity contribution in [3.8, 4) is 11.5 Å². The zero-order valence-corrected chi connectivity index (χ0v) is 15.3. The lowest BCUT2D eigenvalue weighted by atomic mass is 9.52. The minimum atomic E-state index is -0.932. The van der Waals surface area contributed by atoms with E-state index in [9.17, 15) is 15.0 Å². The van der Waals surface area contributed by atoms with Crippen LogP contribution >= 0.6 is 0 Å².